The van der Waals surface area contributed by atoms with Gasteiger partial charge in [-0.05, 0) is 74.9 Å². The van der Waals surface area contributed by atoms with Crippen LogP contribution in [-0.2, 0) is 11.2 Å². The Morgan fingerprint density at radius 1 is 1.10 bits per heavy atom. The minimum absolute atomic E-state index is 0.0442. The molecular weight excluding hydrogens is 376 g/mol. The first-order valence-corrected chi connectivity index (χ1v) is 10.9. The summed E-state index contributed by atoms with van der Waals surface area (Å²) in [7, 11) is 0. The van der Waals surface area contributed by atoms with E-state index in [1.54, 1.807) is 0 Å². The molecule has 0 bridgehead atoms. The summed E-state index contributed by atoms with van der Waals surface area (Å²) in [6, 6.07) is 16.2. The van der Waals surface area contributed by atoms with Gasteiger partial charge in [-0.15, -0.1) is 0 Å². The van der Waals surface area contributed by atoms with E-state index in [4.69, 9.17) is 4.74 Å². The van der Waals surface area contributed by atoms with Crippen molar-refractivity contribution in [1.29, 1.82) is 0 Å². The average Bonchev–Trinajstić information content (AvgIpc) is 2.92. The van der Waals surface area contributed by atoms with Crippen molar-refractivity contribution in [1.82, 2.24) is 10.2 Å². The molecule has 0 spiro atoms. The van der Waals surface area contributed by atoms with Crippen LogP contribution < -0.4 is 10.1 Å². The molecule has 162 valence electrons. The maximum Gasteiger partial charge on any atom is 0.234 e. The Morgan fingerprint density at radius 2 is 1.90 bits per heavy atom. The average molecular weight is 411 g/mol. The topological polar surface area (TPSA) is 61.8 Å². The number of aryl methyl sites for hydroxylation is 2. The lowest BCUT2D eigenvalue weighted by Gasteiger charge is -2.27. The minimum Gasteiger partial charge on any atom is -0.491 e. The molecule has 5 nitrogen and oxygen atoms in total. The number of carbonyl (C=O) groups is 1. The maximum absolute atomic E-state index is 12.3. The summed E-state index contributed by atoms with van der Waals surface area (Å²) < 4.78 is 5.90. The Bertz CT molecular complexity index is 824. The molecule has 2 N–H and O–H groups in total. The van der Waals surface area contributed by atoms with Gasteiger partial charge in [0.05, 0.1) is 12.1 Å². The molecule has 3 rings (SSSR count). The SMILES string of the molecule is Cc1ccc(OCC2(O)CCCN(CC(=O)NCCc3ccccc3)CC2)cc1C. The van der Waals surface area contributed by atoms with Gasteiger partial charge < -0.3 is 15.2 Å². The third kappa shape index (κ3) is 6.85. The molecule has 2 aromatic rings. The standard InChI is InChI=1S/C25H34N2O3/c1-20-9-10-23(17-21(20)2)30-19-25(29)12-6-15-27(16-13-25)18-24(28)26-14-11-22-7-4-3-5-8-22/h3-5,7-10,17,29H,6,11-16,18-19H2,1-2H3,(H,26,28). The summed E-state index contributed by atoms with van der Waals surface area (Å²) in [6.45, 7) is 6.95. The van der Waals surface area contributed by atoms with Gasteiger partial charge in [0.25, 0.3) is 0 Å². The lowest BCUT2D eigenvalue weighted by Crippen LogP contribution is -2.40. The summed E-state index contributed by atoms with van der Waals surface area (Å²) in [6.07, 6.45) is 2.98. The highest BCUT2D eigenvalue weighted by atomic mass is 16.5. The van der Waals surface area contributed by atoms with Gasteiger partial charge in [0.15, 0.2) is 0 Å². The largest absolute Gasteiger partial charge is 0.491 e. The monoisotopic (exact) mass is 410 g/mol. The zero-order valence-electron chi connectivity index (χ0n) is 18.2. The van der Waals surface area contributed by atoms with Gasteiger partial charge in [0.1, 0.15) is 12.4 Å². The fraction of sp³-hybridized carbons (Fsp3) is 0.480. The van der Waals surface area contributed by atoms with Crippen LogP contribution in [0.25, 0.3) is 0 Å². The van der Waals surface area contributed by atoms with Crippen molar-refractivity contribution in [3.05, 3.63) is 65.2 Å². The molecule has 1 atom stereocenters. The highest BCUT2D eigenvalue weighted by molar-refractivity contribution is 5.78. The fourth-order valence-electron chi connectivity index (χ4n) is 3.81. The molecule has 0 radical (unpaired) electrons. The van der Waals surface area contributed by atoms with E-state index in [0.717, 1.165) is 25.1 Å². The van der Waals surface area contributed by atoms with E-state index in [1.807, 2.05) is 36.4 Å². The number of benzene rings is 2. The molecule has 1 heterocycles. The molecule has 1 aliphatic heterocycles. The number of amides is 1. The van der Waals surface area contributed by atoms with E-state index in [0.29, 0.717) is 32.5 Å². The van der Waals surface area contributed by atoms with E-state index < -0.39 is 5.60 Å². The number of nitrogens with one attached hydrogen (secondary N) is 1. The van der Waals surface area contributed by atoms with Crippen molar-refractivity contribution < 1.29 is 14.6 Å². The Labute approximate surface area is 180 Å². The van der Waals surface area contributed by atoms with Gasteiger partial charge in [0.2, 0.25) is 5.91 Å². The van der Waals surface area contributed by atoms with Crippen molar-refractivity contribution in [2.45, 2.75) is 45.1 Å². The summed E-state index contributed by atoms with van der Waals surface area (Å²) in [5, 5.41) is 14.0. The zero-order chi connectivity index (χ0) is 21.4. The van der Waals surface area contributed by atoms with Crippen LogP contribution in [0.5, 0.6) is 5.75 Å². The van der Waals surface area contributed by atoms with Crippen molar-refractivity contribution in [3.8, 4) is 5.75 Å². The van der Waals surface area contributed by atoms with Gasteiger partial charge >= 0.3 is 0 Å². The molecule has 1 unspecified atom stereocenters. The van der Waals surface area contributed by atoms with E-state index >= 15 is 0 Å². The molecule has 0 saturated carbocycles. The number of likely N-dealkylation sites (tertiary alicyclic amines) is 1. The normalized spacial score (nSPS) is 19.8. The lowest BCUT2D eigenvalue weighted by atomic mass is 9.96. The molecule has 5 heteroatoms. The Balaban J connectivity index is 1.41. The third-order valence-electron chi connectivity index (χ3n) is 5.94. The molecular formula is C25H34N2O3. The number of ether oxygens (including phenoxy) is 1. The highest BCUT2D eigenvalue weighted by Crippen LogP contribution is 2.25. The first kappa shape index (κ1) is 22.3. The van der Waals surface area contributed by atoms with Crippen molar-refractivity contribution in [3.63, 3.8) is 0 Å². The second-order valence-electron chi connectivity index (χ2n) is 8.47. The molecule has 30 heavy (non-hydrogen) atoms. The third-order valence-corrected chi connectivity index (χ3v) is 5.94. The predicted molar refractivity (Wildman–Crippen MR) is 120 cm³/mol. The number of aliphatic hydroxyl groups is 1. The molecule has 1 amide bonds. The predicted octanol–water partition coefficient (Wildman–Crippen LogP) is 3.26. The van der Waals surface area contributed by atoms with Gasteiger partial charge in [0, 0.05) is 13.1 Å². The first-order valence-electron chi connectivity index (χ1n) is 10.9. The second-order valence-corrected chi connectivity index (χ2v) is 8.47. The number of rotatable bonds is 8. The van der Waals surface area contributed by atoms with E-state index in [-0.39, 0.29) is 12.5 Å². The number of carbonyl (C=O) groups excluding carboxylic acids is 1. The highest BCUT2D eigenvalue weighted by Gasteiger charge is 2.31. The van der Waals surface area contributed by atoms with Gasteiger partial charge in [-0.1, -0.05) is 36.4 Å². The smallest absolute Gasteiger partial charge is 0.234 e. The van der Waals surface area contributed by atoms with Crippen LogP contribution in [0.2, 0.25) is 0 Å². The number of nitrogens with zero attached hydrogens (tertiary/aromatic N) is 1. The minimum atomic E-state index is -0.850. The van der Waals surface area contributed by atoms with Crippen LogP contribution in [-0.4, -0.2) is 54.3 Å². The quantitative estimate of drug-likeness (QED) is 0.701. The van der Waals surface area contributed by atoms with Crippen LogP contribution in [0.3, 0.4) is 0 Å². The van der Waals surface area contributed by atoms with Gasteiger partial charge in [-0.25, -0.2) is 0 Å². The van der Waals surface area contributed by atoms with Gasteiger partial charge in [-0.3, -0.25) is 9.69 Å². The maximum atomic E-state index is 12.3. The van der Waals surface area contributed by atoms with Crippen molar-refractivity contribution in [2.24, 2.45) is 0 Å². The summed E-state index contributed by atoms with van der Waals surface area (Å²) in [5.41, 5.74) is 2.79. The summed E-state index contributed by atoms with van der Waals surface area (Å²) in [4.78, 5) is 14.4. The van der Waals surface area contributed by atoms with Crippen LogP contribution in [0.1, 0.15) is 36.0 Å². The fourth-order valence-corrected chi connectivity index (χ4v) is 3.81. The van der Waals surface area contributed by atoms with Crippen LogP contribution in [0.15, 0.2) is 48.5 Å². The number of hydrogen-bond donors (Lipinski definition) is 2. The van der Waals surface area contributed by atoms with E-state index in [9.17, 15) is 9.90 Å². The molecule has 0 aromatic heterocycles. The van der Waals surface area contributed by atoms with Crippen LogP contribution in [0, 0.1) is 13.8 Å². The van der Waals surface area contributed by atoms with E-state index in [2.05, 4.69) is 36.2 Å². The Morgan fingerprint density at radius 3 is 2.67 bits per heavy atom. The van der Waals surface area contributed by atoms with Crippen molar-refractivity contribution in [2.75, 3.05) is 32.8 Å². The summed E-state index contributed by atoms with van der Waals surface area (Å²) in [5.74, 6) is 0.841. The Kier molecular flexibility index (Phi) is 7.88. The molecule has 0 aliphatic carbocycles. The Hall–Kier alpha value is -2.37. The molecule has 1 saturated heterocycles. The van der Waals surface area contributed by atoms with Crippen LogP contribution >= 0.6 is 0 Å². The van der Waals surface area contributed by atoms with Crippen molar-refractivity contribution >= 4 is 5.91 Å². The zero-order valence-corrected chi connectivity index (χ0v) is 18.2. The molecule has 2 aromatic carbocycles. The molecule has 1 aliphatic rings. The van der Waals surface area contributed by atoms with Crippen LogP contribution in [0.4, 0.5) is 0 Å². The van der Waals surface area contributed by atoms with Gasteiger partial charge in [-0.2, -0.15) is 0 Å². The lowest BCUT2D eigenvalue weighted by molar-refractivity contribution is -0.122. The summed E-state index contributed by atoms with van der Waals surface area (Å²) >= 11 is 0. The number of hydrogen-bond acceptors (Lipinski definition) is 4. The van der Waals surface area contributed by atoms with E-state index in [1.165, 1.54) is 16.7 Å². The molecule has 1 fully saturated rings. The second kappa shape index (κ2) is 10.6. The first-order chi connectivity index (χ1) is 14.4.